The summed E-state index contributed by atoms with van der Waals surface area (Å²) >= 11 is 0. The van der Waals surface area contributed by atoms with Gasteiger partial charge in [-0.2, -0.15) is 5.10 Å². The van der Waals surface area contributed by atoms with Gasteiger partial charge in [0.1, 0.15) is 11.2 Å². The van der Waals surface area contributed by atoms with E-state index in [2.05, 4.69) is 46.6 Å². The highest BCUT2D eigenvalue weighted by molar-refractivity contribution is 6.15. The average molecular weight is 284 g/mol. The number of benzene rings is 1. The van der Waals surface area contributed by atoms with Gasteiger partial charge in [-0.15, -0.1) is 0 Å². The molecule has 0 atom stereocenters. The largest absolute Gasteiger partial charge is 0.344 e. The highest BCUT2D eigenvalue weighted by Gasteiger charge is 2.37. The molecule has 5 nitrogen and oxygen atoms in total. The van der Waals surface area contributed by atoms with E-state index in [0.29, 0.717) is 5.69 Å². The van der Waals surface area contributed by atoms with E-state index in [-0.39, 0.29) is 11.4 Å². The van der Waals surface area contributed by atoms with Crippen molar-refractivity contribution in [3.05, 3.63) is 17.8 Å². The van der Waals surface area contributed by atoms with Crippen LogP contribution in [-0.4, -0.2) is 47.2 Å². The molecule has 1 amide bonds. The first-order valence-electron chi connectivity index (χ1n) is 7.58. The van der Waals surface area contributed by atoms with Crippen molar-refractivity contribution in [1.82, 2.24) is 20.4 Å². The van der Waals surface area contributed by atoms with E-state index >= 15 is 0 Å². The first-order chi connectivity index (χ1) is 10.1. The first kappa shape index (κ1) is 12.8. The van der Waals surface area contributed by atoms with Crippen molar-refractivity contribution in [2.45, 2.75) is 31.2 Å². The van der Waals surface area contributed by atoms with E-state index < -0.39 is 0 Å². The fourth-order valence-electron chi connectivity index (χ4n) is 3.75. The van der Waals surface area contributed by atoms with Crippen molar-refractivity contribution in [1.29, 1.82) is 0 Å². The molecule has 4 rings (SSSR count). The molecule has 3 aliphatic carbocycles. The van der Waals surface area contributed by atoms with Crippen LogP contribution in [0.1, 0.15) is 36.2 Å². The van der Waals surface area contributed by atoms with Gasteiger partial charge in [-0.25, -0.2) is 0 Å². The lowest BCUT2D eigenvalue weighted by molar-refractivity contribution is 0.0877. The number of hydrogen-bond donors (Lipinski definition) is 2. The van der Waals surface area contributed by atoms with E-state index in [9.17, 15) is 4.79 Å². The van der Waals surface area contributed by atoms with E-state index in [1.54, 1.807) is 0 Å². The summed E-state index contributed by atoms with van der Waals surface area (Å²) in [6, 6.07) is 4.14. The van der Waals surface area contributed by atoms with Crippen LogP contribution in [0.2, 0.25) is 0 Å². The predicted octanol–water partition coefficient (Wildman–Crippen LogP) is 2.15. The zero-order valence-corrected chi connectivity index (χ0v) is 12.5. The fraction of sp³-hybridized carbons (Fsp3) is 0.500. The van der Waals surface area contributed by atoms with Gasteiger partial charge in [0.05, 0.1) is 5.54 Å². The van der Waals surface area contributed by atoms with Gasteiger partial charge in [0, 0.05) is 17.5 Å². The van der Waals surface area contributed by atoms with Gasteiger partial charge in [0.2, 0.25) is 0 Å². The van der Waals surface area contributed by atoms with Crippen LogP contribution in [0.5, 0.6) is 0 Å². The Morgan fingerprint density at radius 2 is 2.14 bits per heavy atom. The number of nitrogens with one attached hydrogen (secondary N) is 2. The molecule has 1 aromatic heterocycles. The second-order valence-electron chi connectivity index (χ2n) is 6.70. The molecule has 0 bridgehead atoms. The highest BCUT2D eigenvalue weighted by atomic mass is 16.2. The molecule has 110 valence electrons. The van der Waals surface area contributed by atoms with Crippen molar-refractivity contribution >= 4 is 16.8 Å². The van der Waals surface area contributed by atoms with Gasteiger partial charge >= 0.3 is 0 Å². The number of rotatable bonds is 4. The van der Waals surface area contributed by atoms with Crippen molar-refractivity contribution in [3.63, 3.8) is 0 Å². The van der Waals surface area contributed by atoms with Crippen LogP contribution >= 0.6 is 0 Å². The normalized spacial score (nSPS) is 18.4. The molecular weight excluding hydrogens is 264 g/mol. The van der Waals surface area contributed by atoms with Crippen LogP contribution < -0.4 is 5.32 Å². The van der Waals surface area contributed by atoms with Crippen LogP contribution in [0.25, 0.3) is 22.0 Å². The van der Waals surface area contributed by atoms with Crippen LogP contribution in [0.4, 0.5) is 0 Å². The Morgan fingerprint density at radius 1 is 1.38 bits per heavy atom. The van der Waals surface area contributed by atoms with Crippen molar-refractivity contribution in [2.75, 3.05) is 20.6 Å². The minimum Gasteiger partial charge on any atom is -0.344 e. The standard InChI is InChI=1S/C16H20N4O/c1-20(2)9-16(5-3-4-6-16)17-15(21)14-12-8-10-7-11(10)13(12)18-19-14/h7-8H,3-6,9H2,1-2H3,(H,17,21)(H,18,19). The van der Waals surface area contributed by atoms with Crippen LogP contribution in [0.15, 0.2) is 12.1 Å². The molecule has 2 N–H and O–H groups in total. The lowest BCUT2D eigenvalue weighted by Crippen LogP contribution is -2.52. The summed E-state index contributed by atoms with van der Waals surface area (Å²) in [5, 5.41) is 11.4. The molecule has 21 heavy (non-hydrogen) atoms. The van der Waals surface area contributed by atoms with Gasteiger partial charge in [-0.3, -0.25) is 9.89 Å². The highest BCUT2D eigenvalue weighted by Crippen LogP contribution is 2.43. The number of amides is 1. The summed E-state index contributed by atoms with van der Waals surface area (Å²) in [5.41, 5.74) is 3.86. The topological polar surface area (TPSA) is 61.0 Å². The Kier molecular flexibility index (Phi) is 2.63. The second kappa shape index (κ2) is 4.31. The number of nitrogens with zero attached hydrogens (tertiary/aromatic N) is 2. The maximum absolute atomic E-state index is 12.7. The molecule has 0 aromatic carbocycles. The third-order valence-electron chi connectivity index (χ3n) is 4.67. The van der Waals surface area contributed by atoms with E-state index in [1.165, 1.54) is 24.0 Å². The minimum atomic E-state index is -0.0908. The predicted molar refractivity (Wildman–Crippen MR) is 82.3 cm³/mol. The van der Waals surface area contributed by atoms with Crippen LogP contribution in [0.3, 0.4) is 0 Å². The summed E-state index contributed by atoms with van der Waals surface area (Å²) in [6.07, 6.45) is 4.48. The Morgan fingerprint density at radius 3 is 2.86 bits per heavy atom. The van der Waals surface area contributed by atoms with Gasteiger partial charge in [-0.05, 0) is 44.6 Å². The molecule has 1 saturated carbocycles. The second-order valence-corrected chi connectivity index (χ2v) is 6.70. The average Bonchev–Trinajstić information content (AvgIpc) is 2.78. The molecule has 0 unspecified atom stereocenters. The Balaban J connectivity index is 1.60. The molecule has 1 aromatic rings. The van der Waals surface area contributed by atoms with Crippen molar-refractivity contribution in [2.24, 2.45) is 0 Å². The zero-order valence-electron chi connectivity index (χ0n) is 12.5. The quantitative estimate of drug-likeness (QED) is 0.771. The fourth-order valence-corrected chi connectivity index (χ4v) is 3.75. The molecule has 0 aliphatic heterocycles. The van der Waals surface area contributed by atoms with E-state index in [0.717, 1.165) is 30.3 Å². The monoisotopic (exact) mass is 284 g/mol. The molecule has 0 spiro atoms. The van der Waals surface area contributed by atoms with Crippen LogP contribution in [-0.2, 0) is 0 Å². The molecule has 0 radical (unpaired) electrons. The third kappa shape index (κ3) is 2.03. The van der Waals surface area contributed by atoms with Gasteiger partial charge in [0.15, 0.2) is 0 Å². The molecule has 1 fully saturated rings. The van der Waals surface area contributed by atoms with Crippen molar-refractivity contribution < 1.29 is 4.79 Å². The maximum Gasteiger partial charge on any atom is 0.270 e. The smallest absolute Gasteiger partial charge is 0.270 e. The number of carbonyl (C=O) groups is 1. The number of aromatic amines is 1. The molecular formula is C16H20N4O. The Bertz CT molecular complexity index is 725. The summed E-state index contributed by atoms with van der Waals surface area (Å²) in [7, 11) is 4.12. The summed E-state index contributed by atoms with van der Waals surface area (Å²) in [5.74, 6) is -0.0220. The number of hydrogen-bond acceptors (Lipinski definition) is 3. The van der Waals surface area contributed by atoms with E-state index in [4.69, 9.17) is 0 Å². The van der Waals surface area contributed by atoms with Crippen molar-refractivity contribution in [3.8, 4) is 11.1 Å². The summed E-state index contributed by atoms with van der Waals surface area (Å²) < 4.78 is 0. The molecule has 0 saturated heterocycles. The molecule has 5 heteroatoms. The first-order valence-corrected chi connectivity index (χ1v) is 7.58. The number of H-pyrrole nitrogens is 1. The lowest BCUT2D eigenvalue weighted by atomic mass is 9.96. The molecule has 3 aliphatic rings. The number of likely N-dealkylation sites (N-methyl/N-ethyl adjacent to an activating group) is 1. The number of carbonyl (C=O) groups excluding carboxylic acids is 1. The molecule has 1 heterocycles. The SMILES string of the molecule is CN(C)CC1(NC(=O)c2[nH]nc3c4cc-4cc23)CCCC1. The Hall–Kier alpha value is -1.88. The van der Waals surface area contributed by atoms with Gasteiger partial charge < -0.3 is 10.2 Å². The van der Waals surface area contributed by atoms with Crippen LogP contribution in [0, 0.1) is 0 Å². The van der Waals surface area contributed by atoms with Gasteiger partial charge in [-0.1, -0.05) is 12.8 Å². The maximum atomic E-state index is 12.7. The summed E-state index contributed by atoms with van der Waals surface area (Å²) in [6.45, 7) is 0.890. The third-order valence-corrected chi connectivity index (χ3v) is 4.67. The zero-order chi connectivity index (χ0) is 14.6. The summed E-state index contributed by atoms with van der Waals surface area (Å²) in [4.78, 5) is 14.8. The minimum absolute atomic E-state index is 0.0220. The number of fused-ring (bicyclic) bond motifs is 3. The lowest BCUT2D eigenvalue weighted by Gasteiger charge is -2.33. The Labute approximate surface area is 123 Å². The van der Waals surface area contributed by atoms with E-state index in [1.807, 2.05) is 0 Å². The van der Waals surface area contributed by atoms with Gasteiger partial charge in [0.25, 0.3) is 5.91 Å². The number of aromatic nitrogens is 2.